The number of hydrogen-bond acceptors (Lipinski definition) is 10. The molecule has 3 N–H and O–H groups in total. The first-order valence-electron chi connectivity index (χ1n) is 15.2. The van der Waals surface area contributed by atoms with Crippen molar-refractivity contribution in [3.05, 3.63) is 48.2 Å². The lowest BCUT2D eigenvalue weighted by molar-refractivity contribution is -0.190. The minimum atomic E-state index is -4.35. The summed E-state index contributed by atoms with van der Waals surface area (Å²) >= 11 is 0. The number of nitrogens with one attached hydrogen (secondary N) is 1. The standard InChI is InChI=1S/C30H39F3N8O4S/c1-28(2)12-5-18-40(28)26-21(27(42)38-46(43,44)25-8-4-7-22(35-25)39(3)17-6-16-34)9-10-23(36-26)41-19-11-24(37-41)45-20-15-29(13-14-29)30(31,32)33/h4,7-11,19H,5-6,12-18,20,34H2,1-3H3,(H,38,42). The topological polar surface area (TPSA) is 149 Å². The Morgan fingerprint density at radius 1 is 1.13 bits per heavy atom. The van der Waals surface area contributed by atoms with Crippen LogP contribution in [0.5, 0.6) is 5.88 Å². The van der Waals surface area contributed by atoms with Crippen LogP contribution in [0.2, 0.25) is 0 Å². The molecule has 2 fully saturated rings. The minimum absolute atomic E-state index is 0.0454. The molecular formula is C30H39F3N8O4S. The third-order valence-corrected chi connectivity index (χ3v) is 9.88. The summed E-state index contributed by atoms with van der Waals surface area (Å²) in [5, 5.41) is 4.01. The third-order valence-electron chi connectivity index (χ3n) is 8.65. The SMILES string of the molecule is CN(CCCN)c1cccc(S(=O)(=O)NC(=O)c2ccc(-n3ccc(OCCC4(C(F)(F)F)CC4)n3)nc2N2CCCC2(C)C)n1. The van der Waals surface area contributed by atoms with Gasteiger partial charge in [0.25, 0.3) is 15.9 Å². The highest BCUT2D eigenvalue weighted by Crippen LogP contribution is 2.59. The summed E-state index contributed by atoms with van der Waals surface area (Å²) in [5.74, 6) is 0.276. The van der Waals surface area contributed by atoms with E-state index in [0.29, 0.717) is 37.7 Å². The molecule has 46 heavy (non-hydrogen) atoms. The molecule has 1 amide bonds. The summed E-state index contributed by atoms with van der Waals surface area (Å²) < 4.78 is 75.5. The maximum atomic E-state index is 13.6. The molecule has 1 saturated heterocycles. The number of aromatic nitrogens is 4. The summed E-state index contributed by atoms with van der Waals surface area (Å²) in [6.45, 7) is 5.53. The van der Waals surface area contributed by atoms with Crippen molar-refractivity contribution < 1.29 is 31.1 Å². The van der Waals surface area contributed by atoms with Crippen LogP contribution in [0.25, 0.3) is 5.82 Å². The Hall–Kier alpha value is -3.92. The molecule has 16 heteroatoms. The second-order valence-corrected chi connectivity index (χ2v) is 14.0. The molecule has 1 aliphatic heterocycles. The Kier molecular flexibility index (Phi) is 9.23. The summed E-state index contributed by atoms with van der Waals surface area (Å²) in [6, 6.07) is 9.05. The molecule has 0 spiro atoms. The Morgan fingerprint density at radius 3 is 2.54 bits per heavy atom. The highest BCUT2D eigenvalue weighted by Gasteiger charge is 2.62. The number of nitrogens with zero attached hydrogens (tertiary/aromatic N) is 6. The molecule has 0 aromatic carbocycles. The molecule has 5 rings (SSSR count). The maximum absolute atomic E-state index is 13.6. The minimum Gasteiger partial charge on any atom is -0.477 e. The van der Waals surface area contributed by atoms with Gasteiger partial charge in [-0.1, -0.05) is 6.07 Å². The van der Waals surface area contributed by atoms with Crippen molar-refractivity contribution in [2.75, 3.05) is 43.1 Å². The summed E-state index contributed by atoms with van der Waals surface area (Å²) in [5.41, 5.74) is 3.59. The molecule has 1 saturated carbocycles. The van der Waals surface area contributed by atoms with E-state index < -0.39 is 27.5 Å². The lowest BCUT2D eigenvalue weighted by Gasteiger charge is -2.34. The van der Waals surface area contributed by atoms with Gasteiger partial charge in [0.2, 0.25) is 5.88 Å². The van der Waals surface area contributed by atoms with Gasteiger partial charge in [0.1, 0.15) is 11.6 Å². The van der Waals surface area contributed by atoms with Gasteiger partial charge in [0, 0.05) is 37.9 Å². The molecule has 4 heterocycles. The number of nitrogens with two attached hydrogens (primary N) is 1. The first-order chi connectivity index (χ1) is 21.7. The molecule has 0 atom stereocenters. The second-order valence-electron chi connectivity index (χ2n) is 12.4. The first-order valence-corrected chi connectivity index (χ1v) is 16.6. The number of halogens is 3. The number of rotatable bonds is 13. The van der Waals surface area contributed by atoms with Gasteiger partial charge in [-0.15, -0.1) is 5.10 Å². The molecule has 0 unspecified atom stereocenters. The highest BCUT2D eigenvalue weighted by atomic mass is 32.2. The van der Waals surface area contributed by atoms with Crippen LogP contribution in [0.3, 0.4) is 0 Å². The molecule has 3 aromatic rings. The van der Waals surface area contributed by atoms with Gasteiger partial charge in [-0.2, -0.15) is 21.6 Å². The average molecular weight is 665 g/mol. The lowest BCUT2D eigenvalue weighted by Crippen LogP contribution is -2.41. The van der Waals surface area contributed by atoms with Crippen molar-refractivity contribution in [3.8, 4) is 11.7 Å². The normalized spacial score (nSPS) is 17.2. The predicted molar refractivity (Wildman–Crippen MR) is 166 cm³/mol. The van der Waals surface area contributed by atoms with Crippen LogP contribution in [-0.4, -0.2) is 79.1 Å². The number of pyridine rings is 2. The molecule has 3 aromatic heterocycles. The van der Waals surface area contributed by atoms with Gasteiger partial charge in [0.05, 0.1) is 17.6 Å². The fraction of sp³-hybridized carbons (Fsp3) is 0.533. The molecular weight excluding hydrogens is 625 g/mol. The summed E-state index contributed by atoms with van der Waals surface area (Å²) in [7, 11) is -2.58. The van der Waals surface area contributed by atoms with Gasteiger partial charge in [0.15, 0.2) is 10.8 Å². The Labute approximate surface area is 266 Å². The highest BCUT2D eigenvalue weighted by molar-refractivity contribution is 7.90. The number of sulfonamides is 1. The molecule has 0 bridgehead atoms. The van der Waals surface area contributed by atoms with E-state index in [1.165, 1.54) is 28.9 Å². The van der Waals surface area contributed by atoms with Gasteiger partial charge in [-0.25, -0.2) is 19.4 Å². The summed E-state index contributed by atoms with van der Waals surface area (Å²) in [6.07, 6.45) is -0.283. The van der Waals surface area contributed by atoms with Crippen LogP contribution in [0.1, 0.15) is 62.7 Å². The van der Waals surface area contributed by atoms with E-state index in [1.807, 2.05) is 18.7 Å². The zero-order valence-corrected chi connectivity index (χ0v) is 26.9. The number of alkyl halides is 3. The van der Waals surface area contributed by atoms with E-state index in [1.54, 1.807) is 30.3 Å². The fourth-order valence-electron chi connectivity index (χ4n) is 5.58. The molecule has 2 aliphatic rings. The van der Waals surface area contributed by atoms with Gasteiger partial charge < -0.3 is 20.3 Å². The van der Waals surface area contributed by atoms with Crippen molar-refractivity contribution >= 4 is 27.6 Å². The van der Waals surface area contributed by atoms with Crippen molar-refractivity contribution in [2.24, 2.45) is 11.1 Å². The van der Waals surface area contributed by atoms with E-state index in [-0.39, 0.29) is 53.7 Å². The van der Waals surface area contributed by atoms with Gasteiger partial charge >= 0.3 is 6.18 Å². The van der Waals surface area contributed by atoms with E-state index in [4.69, 9.17) is 15.5 Å². The number of ether oxygens (including phenoxy) is 1. The maximum Gasteiger partial charge on any atom is 0.394 e. The van der Waals surface area contributed by atoms with E-state index in [0.717, 1.165) is 12.8 Å². The first kappa shape index (κ1) is 33.4. The summed E-state index contributed by atoms with van der Waals surface area (Å²) in [4.78, 5) is 26.3. The van der Waals surface area contributed by atoms with Gasteiger partial charge in [-0.05, 0) is 83.2 Å². The molecule has 0 radical (unpaired) electrons. The van der Waals surface area contributed by atoms with Crippen molar-refractivity contribution in [1.29, 1.82) is 0 Å². The number of anilines is 2. The van der Waals surface area contributed by atoms with E-state index >= 15 is 0 Å². The number of carbonyl (C=O) groups excluding carboxylic acids is 1. The Bertz CT molecular complexity index is 1670. The fourth-order valence-corrected chi connectivity index (χ4v) is 6.51. The number of hydrogen-bond donors (Lipinski definition) is 2. The van der Waals surface area contributed by atoms with Crippen molar-refractivity contribution in [3.63, 3.8) is 0 Å². The second kappa shape index (κ2) is 12.7. The van der Waals surface area contributed by atoms with Crippen LogP contribution < -0.4 is 25.0 Å². The van der Waals surface area contributed by atoms with Crippen molar-refractivity contribution in [2.45, 2.75) is 69.1 Å². The zero-order chi connectivity index (χ0) is 33.3. The lowest BCUT2D eigenvalue weighted by atomic mass is 10.0. The van der Waals surface area contributed by atoms with Crippen LogP contribution in [-0.2, 0) is 10.0 Å². The molecule has 12 nitrogen and oxygen atoms in total. The van der Waals surface area contributed by atoms with Gasteiger partial charge in [-0.3, -0.25) is 4.79 Å². The van der Waals surface area contributed by atoms with Crippen molar-refractivity contribution in [1.82, 2.24) is 24.5 Å². The quantitative estimate of drug-likeness (QED) is 0.274. The zero-order valence-electron chi connectivity index (χ0n) is 26.0. The molecule has 250 valence electrons. The smallest absolute Gasteiger partial charge is 0.394 e. The number of carbonyl (C=O) groups is 1. The Morgan fingerprint density at radius 2 is 1.89 bits per heavy atom. The van der Waals surface area contributed by atoms with E-state index in [2.05, 4.69) is 14.8 Å². The van der Waals surface area contributed by atoms with Crippen LogP contribution in [0.15, 0.2) is 47.6 Å². The predicted octanol–water partition coefficient (Wildman–Crippen LogP) is 4.06. The van der Waals surface area contributed by atoms with E-state index in [9.17, 15) is 26.4 Å². The number of amides is 1. The average Bonchev–Trinajstić information content (AvgIpc) is 3.52. The van der Waals surface area contributed by atoms with Crippen LogP contribution >= 0.6 is 0 Å². The third kappa shape index (κ3) is 7.07. The van der Waals surface area contributed by atoms with Crippen LogP contribution in [0.4, 0.5) is 24.8 Å². The molecule has 1 aliphatic carbocycles. The van der Waals surface area contributed by atoms with Crippen LogP contribution in [0, 0.1) is 5.41 Å². The Balaban J connectivity index is 1.37. The monoisotopic (exact) mass is 664 g/mol. The largest absolute Gasteiger partial charge is 0.477 e.